The molecule has 2 heterocycles. The van der Waals surface area contributed by atoms with Crippen LogP contribution in [-0.4, -0.2) is 83.7 Å². The van der Waals surface area contributed by atoms with Gasteiger partial charge in [0.25, 0.3) is 0 Å². The van der Waals surface area contributed by atoms with E-state index in [9.17, 15) is 14.7 Å². The molecule has 3 rings (SSSR count). The van der Waals surface area contributed by atoms with E-state index in [4.69, 9.17) is 4.74 Å². The highest BCUT2D eigenvalue weighted by Gasteiger charge is 2.25. The second-order valence-electron chi connectivity index (χ2n) is 6.92. The zero-order valence-corrected chi connectivity index (χ0v) is 15.0. The molecule has 7 nitrogen and oxygen atoms in total. The molecular weight excluding hydrogens is 334 g/mol. The van der Waals surface area contributed by atoms with E-state index in [1.54, 1.807) is 21.9 Å². The largest absolute Gasteiger partial charge is 0.415 e. The lowest BCUT2D eigenvalue weighted by Crippen LogP contribution is -2.42. The minimum absolute atomic E-state index is 0.134. The molecule has 2 saturated heterocycles. The van der Waals surface area contributed by atoms with Crippen LogP contribution in [0.5, 0.6) is 5.75 Å². The number of amides is 2. The van der Waals surface area contributed by atoms with Crippen molar-refractivity contribution in [3.8, 4) is 5.75 Å². The summed E-state index contributed by atoms with van der Waals surface area (Å²) in [6.45, 7) is 4.38. The van der Waals surface area contributed by atoms with E-state index in [-0.39, 0.29) is 12.0 Å². The molecule has 0 aromatic heterocycles. The first-order valence-electron chi connectivity index (χ1n) is 9.32. The van der Waals surface area contributed by atoms with Gasteiger partial charge in [0.05, 0.1) is 6.10 Å². The summed E-state index contributed by atoms with van der Waals surface area (Å²) in [7, 11) is 0. The number of carbonyl (C=O) groups excluding carboxylic acids is 2. The smallest absolute Gasteiger partial charge is 0.410 e. The van der Waals surface area contributed by atoms with Gasteiger partial charge in [-0.1, -0.05) is 18.2 Å². The minimum Gasteiger partial charge on any atom is -0.410 e. The van der Waals surface area contributed by atoms with Crippen LogP contribution in [0, 0.1) is 0 Å². The molecule has 7 heteroatoms. The predicted molar refractivity (Wildman–Crippen MR) is 96.9 cm³/mol. The summed E-state index contributed by atoms with van der Waals surface area (Å²) in [4.78, 5) is 29.6. The summed E-state index contributed by atoms with van der Waals surface area (Å²) >= 11 is 0. The lowest BCUT2D eigenvalue weighted by molar-refractivity contribution is -0.129. The summed E-state index contributed by atoms with van der Waals surface area (Å²) in [5, 5.41) is 10.3. The van der Waals surface area contributed by atoms with Crippen LogP contribution in [0.4, 0.5) is 4.79 Å². The van der Waals surface area contributed by atoms with Gasteiger partial charge in [-0.15, -0.1) is 0 Å². The van der Waals surface area contributed by atoms with Crippen LogP contribution in [0.3, 0.4) is 0 Å². The zero-order valence-electron chi connectivity index (χ0n) is 15.0. The lowest BCUT2D eigenvalue weighted by Gasteiger charge is -2.26. The highest BCUT2D eigenvalue weighted by atomic mass is 16.6. The Hall–Kier alpha value is -2.12. The van der Waals surface area contributed by atoms with Crippen molar-refractivity contribution >= 4 is 12.0 Å². The van der Waals surface area contributed by atoms with Gasteiger partial charge in [-0.2, -0.15) is 0 Å². The molecule has 2 aliphatic heterocycles. The average Bonchev–Trinajstić information content (AvgIpc) is 2.89. The van der Waals surface area contributed by atoms with Crippen LogP contribution < -0.4 is 4.74 Å². The van der Waals surface area contributed by atoms with Crippen molar-refractivity contribution in [2.75, 3.05) is 45.8 Å². The molecule has 0 saturated carbocycles. The van der Waals surface area contributed by atoms with E-state index >= 15 is 0 Å². The first-order chi connectivity index (χ1) is 12.6. The summed E-state index contributed by atoms with van der Waals surface area (Å²) in [5.74, 6) is 0.680. The number of β-amino-alcohol motifs (C(OH)–C–C–N with tert-alkyl or cyclic N) is 1. The average molecular weight is 361 g/mol. The van der Waals surface area contributed by atoms with Gasteiger partial charge in [0, 0.05) is 45.7 Å². The molecule has 26 heavy (non-hydrogen) atoms. The summed E-state index contributed by atoms with van der Waals surface area (Å²) in [5.41, 5.74) is 0. The quantitative estimate of drug-likeness (QED) is 0.852. The van der Waals surface area contributed by atoms with Crippen molar-refractivity contribution in [3.05, 3.63) is 30.3 Å². The monoisotopic (exact) mass is 361 g/mol. The van der Waals surface area contributed by atoms with Gasteiger partial charge in [-0.25, -0.2) is 4.79 Å². The Morgan fingerprint density at radius 1 is 1.04 bits per heavy atom. The number of nitrogens with zero attached hydrogens (tertiary/aromatic N) is 3. The molecule has 142 valence electrons. The van der Waals surface area contributed by atoms with Crippen LogP contribution in [0.1, 0.15) is 19.3 Å². The second kappa shape index (κ2) is 9.00. The molecule has 1 N–H and O–H groups in total. The molecule has 1 atom stereocenters. The number of benzene rings is 1. The van der Waals surface area contributed by atoms with Crippen molar-refractivity contribution in [1.82, 2.24) is 14.7 Å². The third kappa shape index (κ3) is 5.19. The number of carbonyl (C=O) groups is 2. The Bertz CT molecular complexity index is 610. The maximum atomic E-state index is 12.3. The van der Waals surface area contributed by atoms with Crippen molar-refractivity contribution in [2.45, 2.75) is 25.4 Å². The first kappa shape index (κ1) is 18.7. The molecule has 0 bridgehead atoms. The van der Waals surface area contributed by atoms with Gasteiger partial charge in [0.1, 0.15) is 5.75 Å². The van der Waals surface area contributed by atoms with E-state index in [1.165, 1.54) is 0 Å². The number of aliphatic hydroxyl groups excluding tert-OH is 1. The molecule has 1 aromatic carbocycles. The molecule has 2 aliphatic rings. The van der Waals surface area contributed by atoms with Crippen molar-refractivity contribution in [1.29, 1.82) is 0 Å². The maximum absolute atomic E-state index is 12.3. The van der Waals surface area contributed by atoms with E-state index in [1.807, 2.05) is 18.2 Å². The van der Waals surface area contributed by atoms with E-state index in [0.29, 0.717) is 44.9 Å². The standard InChI is InChI=1S/C19H27N3O4/c23-16(15-22-10-4-8-18(22)24)14-20-9-5-11-21(13-12-20)19(25)26-17-6-2-1-3-7-17/h1-3,6-7,16,23H,4-5,8-15H2/t16-/m1/s1. The fraction of sp³-hybridized carbons (Fsp3) is 0.579. The molecule has 0 aliphatic carbocycles. The maximum Gasteiger partial charge on any atom is 0.415 e. The number of aliphatic hydroxyl groups is 1. The van der Waals surface area contributed by atoms with Crippen molar-refractivity contribution in [2.24, 2.45) is 0 Å². The van der Waals surface area contributed by atoms with Crippen molar-refractivity contribution < 1.29 is 19.4 Å². The highest BCUT2D eigenvalue weighted by molar-refractivity contribution is 5.78. The Morgan fingerprint density at radius 3 is 2.58 bits per heavy atom. The van der Waals surface area contributed by atoms with E-state index in [2.05, 4.69) is 4.90 Å². The van der Waals surface area contributed by atoms with Crippen LogP contribution in [-0.2, 0) is 4.79 Å². The Morgan fingerprint density at radius 2 is 1.85 bits per heavy atom. The number of rotatable bonds is 5. The number of likely N-dealkylation sites (tertiary alicyclic amines) is 1. The topological polar surface area (TPSA) is 73.3 Å². The number of ether oxygens (including phenoxy) is 1. The Balaban J connectivity index is 1.44. The third-order valence-corrected chi connectivity index (χ3v) is 4.87. The molecular formula is C19H27N3O4. The van der Waals surface area contributed by atoms with Crippen LogP contribution in [0.15, 0.2) is 30.3 Å². The van der Waals surface area contributed by atoms with E-state index in [0.717, 1.165) is 25.9 Å². The SMILES string of the molecule is O=C1CCCN1C[C@H](O)CN1CCCN(C(=O)Oc2ccccc2)CC1. The summed E-state index contributed by atoms with van der Waals surface area (Å²) in [6.07, 6.45) is 1.42. The second-order valence-corrected chi connectivity index (χ2v) is 6.92. The number of para-hydroxylation sites is 1. The fourth-order valence-corrected chi connectivity index (χ4v) is 3.50. The molecule has 0 radical (unpaired) electrons. The van der Waals surface area contributed by atoms with Crippen molar-refractivity contribution in [3.63, 3.8) is 0 Å². The third-order valence-electron chi connectivity index (χ3n) is 4.87. The van der Waals surface area contributed by atoms with Crippen LogP contribution in [0.25, 0.3) is 0 Å². The number of hydrogen-bond acceptors (Lipinski definition) is 5. The molecule has 0 unspecified atom stereocenters. The highest BCUT2D eigenvalue weighted by Crippen LogP contribution is 2.13. The summed E-state index contributed by atoms with van der Waals surface area (Å²) < 4.78 is 5.40. The van der Waals surface area contributed by atoms with Gasteiger partial charge < -0.3 is 19.6 Å². The van der Waals surface area contributed by atoms with Crippen LogP contribution in [0.2, 0.25) is 0 Å². The van der Waals surface area contributed by atoms with Gasteiger partial charge in [-0.3, -0.25) is 9.69 Å². The zero-order chi connectivity index (χ0) is 18.4. The molecule has 2 fully saturated rings. The number of hydrogen-bond donors (Lipinski definition) is 1. The van der Waals surface area contributed by atoms with Crippen LogP contribution >= 0.6 is 0 Å². The summed E-state index contributed by atoms with van der Waals surface area (Å²) in [6, 6.07) is 9.07. The Labute approximate surface area is 154 Å². The van der Waals surface area contributed by atoms with Gasteiger partial charge in [0.2, 0.25) is 5.91 Å². The van der Waals surface area contributed by atoms with E-state index < -0.39 is 6.10 Å². The first-order valence-corrected chi connectivity index (χ1v) is 9.32. The Kier molecular flexibility index (Phi) is 6.46. The molecule has 2 amide bonds. The normalized spacial score (nSPS) is 20.1. The van der Waals surface area contributed by atoms with Gasteiger partial charge in [0.15, 0.2) is 0 Å². The fourth-order valence-electron chi connectivity index (χ4n) is 3.50. The minimum atomic E-state index is -0.556. The molecule has 1 aromatic rings. The van der Waals surface area contributed by atoms with Gasteiger partial charge in [-0.05, 0) is 31.5 Å². The molecule has 0 spiro atoms. The lowest BCUT2D eigenvalue weighted by atomic mass is 10.3. The predicted octanol–water partition coefficient (Wildman–Crippen LogP) is 1.18. The van der Waals surface area contributed by atoms with Gasteiger partial charge >= 0.3 is 6.09 Å².